The van der Waals surface area contributed by atoms with Crippen LogP contribution in [0.5, 0.6) is 23.0 Å². The lowest BCUT2D eigenvalue weighted by Crippen LogP contribution is -2.26. The summed E-state index contributed by atoms with van der Waals surface area (Å²) < 4.78 is 24.2. The topological polar surface area (TPSA) is 212 Å². The first-order valence-corrected chi connectivity index (χ1v) is 20.0. The predicted octanol–water partition coefficient (Wildman–Crippen LogP) is 12.4. The fourth-order valence-electron chi connectivity index (χ4n) is 4.94. The van der Waals surface area contributed by atoms with Crippen LogP contribution < -0.4 is 10.5 Å². The van der Waals surface area contributed by atoms with Gasteiger partial charge in [-0.25, -0.2) is 19.6 Å². The van der Waals surface area contributed by atoms with Crippen molar-refractivity contribution in [1.29, 1.82) is 0 Å². The van der Waals surface area contributed by atoms with Crippen molar-refractivity contribution in [3.8, 4) is 45.9 Å². The van der Waals surface area contributed by atoms with Gasteiger partial charge in [-0.3, -0.25) is 0 Å². The minimum Gasteiger partial charge on any atom is -0.507 e. The van der Waals surface area contributed by atoms with Crippen LogP contribution in [0, 0.1) is 0 Å². The Kier molecular flexibility index (Phi) is 15.0. The average molecular weight is 1010 g/mol. The van der Waals surface area contributed by atoms with Crippen molar-refractivity contribution < 1.29 is 48.3 Å². The maximum absolute atomic E-state index is 12.0. The van der Waals surface area contributed by atoms with Crippen LogP contribution in [0.25, 0.3) is 45.1 Å². The molecule has 0 aliphatic rings. The Morgan fingerprint density at radius 2 is 1.10 bits per heavy atom. The number of aromatic hydroxyl groups is 3. The maximum atomic E-state index is 12.0. The number of nitrogen functional groups attached to an aromatic ring is 1. The van der Waals surface area contributed by atoms with Crippen LogP contribution in [-0.4, -0.2) is 48.1 Å². The number of aromatic carboxylic acids is 1. The number of hydrogen-bond donors (Lipinski definition) is 5. The second-order valence-corrected chi connectivity index (χ2v) is 16.1. The van der Waals surface area contributed by atoms with Crippen LogP contribution in [0.4, 0.5) is 10.5 Å². The van der Waals surface area contributed by atoms with Gasteiger partial charge in [0.25, 0.3) is 0 Å². The molecule has 8 rings (SSSR count). The first-order valence-electron chi connectivity index (χ1n) is 17.6. The quantitative estimate of drug-likeness (QED) is 0.0481. The third-order valence-corrected chi connectivity index (χ3v) is 9.14. The van der Waals surface area contributed by atoms with Crippen LogP contribution in [0.15, 0.2) is 150 Å². The van der Waals surface area contributed by atoms with Gasteiger partial charge < -0.3 is 44.5 Å². The third-order valence-electron chi connectivity index (χ3n) is 7.66. The SMILES string of the molecule is CC(C)(C)OC(=O)Oc1ccc(Br)cc1-c1nc2ccccc2o1.Nc1ccccc1O.O=C(O)c1cc(Br)ccc1O.Oc1ccc(Br)cc1-c1nc2ccccc2o1. The third kappa shape index (κ3) is 12.6. The molecular formula is C44H36Br3N3O10. The Morgan fingerprint density at radius 1 is 0.617 bits per heavy atom. The molecule has 0 saturated carbocycles. The summed E-state index contributed by atoms with van der Waals surface area (Å²) >= 11 is 9.86. The number of carbonyl (C=O) groups is 2. The number of aromatic nitrogens is 2. The van der Waals surface area contributed by atoms with Crippen molar-refractivity contribution in [3.05, 3.63) is 146 Å². The molecule has 308 valence electrons. The summed E-state index contributed by atoms with van der Waals surface area (Å²) in [5, 5.41) is 36.1. The van der Waals surface area contributed by atoms with Gasteiger partial charge in [0.15, 0.2) is 11.2 Å². The van der Waals surface area contributed by atoms with Crippen molar-refractivity contribution >= 4 is 87.8 Å². The number of phenolic OH excluding ortho intramolecular Hbond substituents is 2. The van der Waals surface area contributed by atoms with Crippen molar-refractivity contribution in [2.45, 2.75) is 26.4 Å². The number of anilines is 1. The number of para-hydroxylation sites is 6. The Bertz CT molecular complexity index is 2680. The van der Waals surface area contributed by atoms with Crippen molar-refractivity contribution in [2.24, 2.45) is 0 Å². The van der Waals surface area contributed by atoms with Crippen molar-refractivity contribution in [1.82, 2.24) is 9.97 Å². The zero-order valence-corrected chi connectivity index (χ0v) is 36.7. The minimum atomic E-state index is -1.14. The summed E-state index contributed by atoms with van der Waals surface area (Å²) in [5.74, 6) is 0.0526. The van der Waals surface area contributed by atoms with Gasteiger partial charge >= 0.3 is 12.1 Å². The molecule has 0 saturated heterocycles. The van der Waals surface area contributed by atoms with E-state index in [1.54, 1.807) is 87.5 Å². The van der Waals surface area contributed by atoms with E-state index in [0.29, 0.717) is 50.0 Å². The molecule has 16 heteroatoms. The second kappa shape index (κ2) is 20.1. The number of carbonyl (C=O) groups excluding carboxylic acids is 1. The lowest BCUT2D eigenvalue weighted by atomic mass is 10.2. The molecule has 0 aliphatic heterocycles. The molecule has 0 fully saturated rings. The van der Waals surface area contributed by atoms with Gasteiger partial charge in [0, 0.05) is 13.4 Å². The number of rotatable bonds is 4. The fraction of sp³-hybridized carbons (Fsp3) is 0.0909. The number of carboxylic acids is 1. The summed E-state index contributed by atoms with van der Waals surface area (Å²) in [7, 11) is 0. The Hall–Kier alpha value is -6.36. The molecule has 8 aromatic rings. The van der Waals surface area contributed by atoms with E-state index >= 15 is 0 Å². The van der Waals surface area contributed by atoms with Crippen LogP contribution in [0.1, 0.15) is 31.1 Å². The van der Waals surface area contributed by atoms with E-state index in [1.165, 1.54) is 12.1 Å². The van der Waals surface area contributed by atoms with Gasteiger partial charge in [-0.15, -0.1) is 0 Å². The molecule has 6 aromatic carbocycles. The molecular weight excluding hydrogens is 970 g/mol. The highest BCUT2D eigenvalue weighted by Gasteiger charge is 2.21. The summed E-state index contributed by atoms with van der Waals surface area (Å²) in [6, 6.07) is 36.3. The molecule has 13 nitrogen and oxygen atoms in total. The van der Waals surface area contributed by atoms with E-state index in [4.69, 9.17) is 39.4 Å². The van der Waals surface area contributed by atoms with Gasteiger partial charge in [0.05, 0.1) is 16.8 Å². The largest absolute Gasteiger partial charge is 0.514 e. The lowest BCUT2D eigenvalue weighted by Gasteiger charge is -2.19. The molecule has 0 spiro atoms. The summed E-state index contributed by atoms with van der Waals surface area (Å²) in [5.41, 5.74) is 8.99. The molecule has 0 radical (unpaired) electrons. The number of nitrogens with two attached hydrogens (primary N) is 1. The number of benzene rings is 6. The highest BCUT2D eigenvalue weighted by Crippen LogP contribution is 2.35. The summed E-state index contributed by atoms with van der Waals surface area (Å²) in [4.78, 5) is 31.1. The first kappa shape index (κ1) is 44.7. The molecule has 0 aliphatic carbocycles. The van der Waals surface area contributed by atoms with E-state index in [9.17, 15) is 14.7 Å². The van der Waals surface area contributed by atoms with Crippen LogP contribution in [-0.2, 0) is 4.74 Å². The molecule has 0 bridgehead atoms. The second-order valence-electron chi connectivity index (χ2n) is 13.4. The maximum Gasteiger partial charge on any atom is 0.514 e. The Morgan fingerprint density at radius 3 is 1.60 bits per heavy atom. The predicted molar refractivity (Wildman–Crippen MR) is 238 cm³/mol. The van der Waals surface area contributed by atoms with Crippen molar-refractivity contribution in [2.75, 3.05) is 5.73 Å². The standard InChI is InChI=1S/C18H16BrNO4.C13H8BrNO2.C7H5BrO3.C6H7NO/c1-18(2,3)24-17(21)23-14-9-8-11(19)10-12(14)16-20-13-6-4-5-7-15(13)22-16;14-8-5-6-11(16)9(7-8)13-15-10-3-1-2-4-12(10)17-13;8-4-1-2-6(9)5(3-4)7(10)11;7-5-3-1-2-4-6(5)8/h4-10H,1-3H3;1-7,16H;1-3,9H,(H,10,11);1-4,8H,7H2. The van der Waals surface area contributed by atoms with E-state index < -0.39 is 17.7 Å². The number of halogens is 3. The normalized spacial score (nSPS) is 10.6. The highest BCUT2D eigenvalue weighted by atomic mass is 79.9. The number of ether oxygens (including phenoxy) is 2. The number of nitrogens with zero attached hydrogens (tertiary/aromatic N) is 2. The zero-order chi connectivity index (χ0) is 43.6. The molecule has 60 heavy (non-hydrogen) atoms. The summed E-state index contributed by atoms with van der Waals surface area (Å²) in [6.07, 6.45) is -0.776. The molecule has 6 N–H and O–H groups in total. The monoisotopic (exact) mass is 1000 g/mol. The summed E-state index contributed by atoms with van der Waals surface area (Å²) in [6.45, 7) is 5.33. The number of fused-ring (bicyclic) bond motifs is 2. The fourth-order valence-corrected chi connectivity index (χ4v) is 6.02. The minimum absolute atomic E-state index is 0.0978. The van der Waals surface area contributed by atoms with E-state index in [0.717, 1.165) is 20.0 Å². The van der Waals surface area contributed by atoms with Crippen molar-refractivity contribution in [3.63, 3.8) is 0 Å². The van der Waals surface area contributed by atoms with Gasteiger partial charge in [-0.2, -0.15) is 0 Å². The zero-order valence-electron chi connectivity index (χ0n) is 32.0. The van der Waals surface area contributed by atoms with Gasteiger partial charge in [0.1, 0.15) is 45.2 Å². The Labute approximate surface area is 368 Å². The molecule has 0 atom stereocenters. The smallest absolute Gasteiger partial charge is 0.507 e. The molecule has 0 unspecified atom stereocenters. The van der Waals surface area contributed by atoms with Gasteiger partial charge in [-0.1, -0.05) is 84.2 Å². The number of phenols is 3. The average Bonchev–Trinajstić information content (AvgIpc) is 3.84. The molecule has 2 aromatic heterocycles. The van der Waals surface area contributed by atoms with Crippen LogP contribution >= 0.6 is 47.8 Å². The molecule has 0 amide bonds. The Balaban J connectivity index is 0.000000165. The molecule has 2 heterocycles. The van der Waals surface area contributed by atoms with E-state index in [2.05, 4.69) is 57.8 Å². The number of oxazole rings is 2. The first-order chi connectivity index (χ1) is 28.5. The van der Waals surface area contributed by atoms with E-state index in [1.807, 2.05) is 48.5 Å². The van der Waals surface area contributed by atoms with Crippen LogP contribution in [0.2, 0.25) is 0 Å². The van der Waals surface area contributed by atoms with Crippen LogP contribution in [0.3, 0.4) is 0 Å². The van der Waals surface area contributed by atoms with Gasteiger partial charge in [0.2, 0.25) is 11.8 Å². The number of hydrogen-bond acceptors (Lipinski definition) is 12. The number of carboxylic acid groups (broad SMARTS) is 1. The van der Waals surface area contributed by atoms with Gasteiger partial charge in [-0.05, 0) is 112 Å². The lowest BCUT2D eigenvalue weighted by molar-refractivity contribution is 0.0207. The van der Waals surface area contributed by atoms with E-state index in [-0.39, 0.29) is 22.8 Å². The highest BCUT2D eigenvalue weighted by molar-refractivity contribution is 9.11.